The number of nitrogens with one attached hydrogen (secondary N) is 1. The predicted octanol–water partition coefficient (Wildman–Crippen LogP) is 4.48. The number of rotatable bonds is 5. The molecule has 2 atom stereocenters. The monoisotopic (exact) mass is 530 g/mol. The molecule has 1 fully saturated rings. The zero-order chi connectivity index (χ0) is 26.3. The molecule has 4 rings (SSSR count). The van der Waals surface area contributed by atoms with Gasteiger partial charge in [0.1, 0.15) is 12.4 Å². The van der Waals surface area contributed by atoms with Gasteiger partial charge in [-0.05, 0) is 24.6 Å². The summed E-state index contributed by atoms with van der Waals surface area (Å²) in [6.45, 7) is 0.181. The Labute approximate surface area is 207 Å². The quantitative estimate of drug-likeness (QED) is 0.490. The van der Waals surface area contributed by atoms with Crippen molar-refractivity contribution in [2.45, 2.75) is 31.4 Å². The topological polar surface area (TPSA) is 85.2 Å². The predicted molar refractivity (Wildman–Crippen MR) is 119 cm³/mol. The molecule has 1 N–H and O–H groups in total. The number of carbonyl (C=O) groups is 1. The van der Waals surface area contributed by atoms with Crippen molar-refractivity contribution in [3.63, 3.8) is 0 Å². The van der Waals surface area contributed by atoms with E-state index >= 15 is 0 Å². The Morgan fingerprint density at radius 2 is 1.92 bits per heavy atom. The number of benzene rings is 1. The Hall–Kier alpha value is -3.32. The lowest BCUT2D eigenvalue weighted by Crippen LogP contribution is -2.61. The van der Waals surface area contributed by atoms with E-state index in [1.807, 2.05) is 0 Å². The van der Waals surface area contributed by atoms with Crippen LogP contribution in [0.4, 0.5) is 27.8 Å². The van der Waals surface area contributed by atoms with Gasteiger partial charge in [0, 0.05) is 30.4 Å². The zero-order valence-electron chi connectivity index (χ0n) is 18.9. The first-order valence-electron chi connectivity index (χ1n) is 10.6. The number of aryl methyl sites for hydroxylation is 1. The van der Waals surface area contributed by atoms with Gasteiger partial charge in [-0.2, -0.15) is 27.1 Å². The molecule has 0 unspecified atom stereocenters. The van der Waals surface area contributed by atoms with E-state index in [-0.39, 0.29) is 18.1 Å². The molecule has 3 heterocycles. The van der Waals surface area contributed by atoms with Crippen LogP contribution in [0.25, 0.3) is 11.1 Å². The molecule has 36 heavy (non-hydrogen) atoms. The van der Waals surface area contributed by atoms with Crippen molar-refractivity contribution >= 4 is 23.3 Å². The fourth-order valence-electron chi connectivity index (χ4n) is 3.85. The first-order chi connectivity index (χ1) is 16.8. The maximum absolute atomic E-state index is 14.3. The molecule has 1 aliphatic rings. The Balaban J connectivity index is 1.60. The lowest BCUT2D eigenvalue weighted by atomic mass is 10.0. The summed E-state index contributed by atoms with van der Waals surface area (Å²) in [7, 11) is 1.59. The number of ether oxygens (including phenoxy) is 1. The van der Waals surface area contributed by atoms with Crippen molar-refractivity contribution < 1.29 is 31.5 Å². The van der Waals surface area contributed by atoms with E-state index in [1.165, 1.54) is 11.6 Å². The molecular formula is C22H20ClF5N6O2. The third-order valence-electron chi connectivity index (χ3n) is 5.54. The minimum atomic E-state index is -4.66. The summed E-state index contributed by atoms with van der Waals surface area (Å²) in [6.07, 6.45) is -6.40. The molecule has 0 spiro atoms. The minimum absolute atomic E-state index is 0.0281. The number of halogens is 6. The van der Waals surface area contributed by atoms with Gasteiger partial charge in [-0.25, -0.2) is 9.97 Å². The van der Waals surface area contributed by atoms with Gasteiger partial charge in [-0.3, -0.25) is 9.48 Å². The fourth-order valence-corrected chi connectivity index (χ4v) is 3.98. The molecule has 0 aliphatic carbocycles. The van der Waals surface area contributed by atoms with Gasteiger partial charge in [-0.15, -0.1) is 0 Å². The number of carbonyl (C=O) groups excluding carboxylic acids is 1. The largest absolute Gasteiger partial charge is 0.434 e. The number of amides is 1. The van der Waals surface area contributed by atoms with Gasteiger partial charge < -0.3 is 15.0 Å². The van der Waals surface area contributed by atoms with E-state index in [1.54, 1.807) is 37.5 Å². The second-order valence-electron chi connectivity index (χ2n) is 8.20. The summed E-state index contributed by atoms with van der Waals surface area (Å²) >= 11 is 5.95. The van der Waals surface area contributed by atoms with Gasteiger partial charge in [0.2, 0.25) is 0 Å². The molecule has 8 nitrogen and oxygen atoms in total. The summed E-state index contributed by atoms with van der Waals surface area (Å²) in [5.41, 5.74) is -0.201. The summed E-state index contributed by atoms with van der Waals surface area (Å²) in [6, 6.07) is 5.67. The molecule has 0 radical (unpaired) electrons. The van der Waals surface area contributed by atoms with Crippen LogP contribution < -0.4 is 5.32 Å². The number of nitrogens with zero attached hydrogens (tertiary/aromatic N) is 5. The number of aromatic nitrogens is 4. The van der Waals surface area contributed by atoms with Gasteiger partial charge >= 0.3 is 12.3 Å². The highest BCUT2D eigenvalue weighted by molar-refractivity contribution is 6.30. The smallest absolute Gasteiger partial charge is 0.367 e. The molecule has 0 saturated carbocycles. The zero-order valence-corrected chi connectivity index (χ0v) is 19.7. The average molecular weight is 531 g/mol. The van der Waals surface area contributed by atoms with Crippen LogP contribution >= 0.6 is 11.6 Å². The average Bonchev–Trinajstić information content (AvgIpc) is 3.19. The van der Waals surface area contributed by atoms with E-state index in [0.717, 1.165) is 11.1 Å². The highest BCUT2D eigenvalue weighted by Crippen LogP contribution is 2.32. The van der Waals surface area contributed by atoms with Crippen molar-refractivity contribution in [2.75, 3.05) is 18.4 Å². The molecule has 1 aromatic carbocycles. The first-order valence-corrected chi connectivity index (χ1v) is 11.0. The summed E-state index contributed by atoms with van der Waals surface area (Å²) in [5.74, 6) is -0.791. The number of alkyl halides is 5. The van der Waals surface area contributed by atoms with Crippen molar-refractivity contribution in [1.82, 2.24) is 24.6 Å². The van der Waals surface area contributed by atoms with Crippen LogP contribution in [0.1, 0.15) is 23.1 Å². The van der Waals surface area contributed by atoms with Gasteiger partial charge in [0.15, 0.2) is 11.4 Å². The van der Waals surface area contributed by atoms with E-state index in [2.05, 4.69) is 20.4 Å². The Morgan fingerprint density at radius 1 is 1.22 bits per heavy atom. The second-order valence-corrected chi connectivity index (χ2v) is 8.63. The number of hydrogen-bond acceptors (Lipinski definition) is 6. The molecule has 192 valence electrons. The van der Waals surface area contributed by atoms with E-state index in [4.69, 9.17) is 16.3 Å². The maximum Gasteiger partial charge on any atom is 0.434 e. The standard InChI is InChI=1S/C22H20ClF5N6O2/c1-12-16(7-30-18-9-29-17(8-31-18)22(26,27)28)34(11-21(24,25)36-12)20(35)19-15(10-33(2)32-19)13-3-5-14(23)6-4-13/h3-6,8-10,12,16H,7,11H2,1-2H3,(H,30,31)/t12-,16+/m0/s1. The third-order valence-corrected chi connectivity index (χ3v) is 5.79. The molecule has 1 saturated heterocycles. The highest BCUT2D eigenvalue weighted by atomic mass is 35.5. The van der Waals surface area contributed by atoms with Crippen LogP contribution in [-0.4, -0.2) is 61.9 Å². The minimum Gasteiger partial charge on any atom is -0.367 e. The van der Waals surface area contributed by atoms with Crippen molar-refractivity contribution in [3.8, 4) is 11.1 Å². The number of morpholine rings is 1. The third kappa shape index (κ3) is 5.57. The molecular weight excluding hydrogens is 511 g/mol. The van der Waals surface area contributed by atoms with E-state index < -0.39 is 42.6 Å². The number of anilines is 1. The summed E-state index contributed by atoms with van der Waals surface area (Å²) in [5, 5.41) is 7.43. The van der Waals surface area contributed by atoms with E-state index in [0.29, 0.717) is 22.3 Å². The van der Waals surface area contributed by atoms with Crippen LogP contribution in [0, 0.1) is 0 Å². The van der Waals surface area contributed by atoms with Gasteiger partial charge in [-0.1, -0.05) is 23.7 Å². The molecule has 1 aliphatic heterocycles. The van der Waals surface area contributed by atoms with Crippen molar-refractivity contribution in [2.24, 2.45) is 7.05 Å². The van der Waals surface area contributed by atoms with Crippen LogP contribution in [0.5, 0.6) is 0 Å². The Bertz CT molecular complexity index is 1230. The first kappa shape index (κ1) is 25.8. The second kappa shape index (κ2) is 9.62. The number of hydrogen-bond donors (Lipinski definition) is 1. The van der Waals surface area contributed by atoms with E-state index in [9.17, 15) is 26.7 Å². The highest BCUT2D eigenvalue weighted by Gasteiger charge is 2.48. The van der Waals surface area contributed by atoms with Gasteiger partial charge in [0.05, 0.1) is 24.5 Å². The Kier molecular flexibility index (Phi) is 6.88. The van der Waals surface area contributed by atoms with Crippen LogP contribution in [0.3, 0.4) is 0 Å². The van der Waals surface area contributed by atoms with Crippen LogP contribution in [0.2, 0.25) is 5.02 Å². The Morgan fingerprint density at radius 3 is 2.53 bits per heavy atom. The molecule has 14 heteroatoms. The maximum atomic E-state index is 14.3. The van der Waals surface area contributed by atoms with Crippen LogP contribution in [-0.2, 0) is 18.0 Å². The molecule has 3 aromatic rings. The van der Waals surface area contributed by atoms with Crippen molar-refractivity contribution in [1.29, 1.82) is 0 Å². The summed E-state index contributed by atoms with van der Waals surface area (Å²) in [4.78, 5) is 21.5. The lowest BCUT2D eigenvalue weighted by Gasteiger charge is -2.43. The van der Waals surface area contributed by atoms with Crippen molar-refractivity contribution in [3.05, 3.63) is 59.3 Å². The van der Waals surface area contributed by atoms with Crippen LogP contribution in [0.15, 0.2) is 42.9 Å². The molecule has 0 bridgehead atoms. The lowest BCUT2D eigenvalue weighted by molar-refractivity contribution is -0.298. The molecule has 1 amide bonds. The van der Waals surface area contributed by atoms with Gasteiger partial charge in [0.25, 0.3) is 5.91 Å². The SMILES string of the molecule is C[C@@H]1OC(F)(F)CN(C(=O)c2nn(C)cc2-c2ccc(Cl)cc2)[C@@H]1CNc1cnc(C(F)(F)F)cn1. The fraction of sp³-hybridized carbons (Fsp3) is 0.364. The molecule has 2 aromatic heterocycles. The summed E-state index contributed by atoms with van der Waals surface area (Å²) < 4.78 is 73.1. The normalized spacial score (nSPS) is 19.8.